The van der Waals surface area contributed by atoms with E-state index in [4.69, 9.17) is 4.74 Å². The minimum atomic E-state index is -0.285. The standard InChI is InChI=1S/C16H24O2/c1-4-5-8-18-16-11(2)9-14(10-12(16)3)15(17)13-6-7-13/h9-10,13,15,17H,4-8H2,1-3H3. The Morgan fingerprint density at radius 3 is 2.39 bits per heavy atom. The molecular weight excluding hydrogens is 224 g/mol. The molecule has 2 heteroatoms. The van der Waals surface area contributed by atoms with Crippen molar-refractivity contribution in [2.45, 2.75) is 52.6 Å². The summed E-state index contributed by atoms with van der Waals surface area (Å²) in [5, 5.41) is 10.2. The van der Waals surface area contributed by atoms with E-state index in [-0.39, 0.29) is 6.10 Å². The number of aliphatic hydroxyl groups excluding tert-OH is 1. The molecule has 1 aromatic carbocycles. The first kappa shape index (κ1) is 13.4. The highest BCUT2D eigenvalue weighted by Gasteiger charge is 2.31. The van der Waals surface area contributed by atoms with Crippen LogP contribution in [0.25, 0.3) is 0 Å². The number of rotatable bonds is 6. The molecular formula is C16H24O2. The van der Waals surface area contributed by atoms with E-state index in [1.807, 2.05) is 0 Å². The topological polar surface area (TPSA) is 29.5 Å². The molecule has 0 aromatic heterocycles. The second kappa shape index (κ2) is 5.75. The minimum absolute atomic E-state index is 0.285. The predicted molar refractivity (Wildman–Crippen MR) is 74.0 cm³/mol. The lowest BCUT2D eigenvalue weighted by Gasteiger charge is -2.16. The Morgan fingerprint density at radius 1 is 1.28 bits per heavy atom. The van der Waals surface area contributed by atoms with Gasteiger partial charge in [-0.25, -0.2) is 0 Å². The highest BCUT2D eigenvalue weighted by molar-refractivity contribution is 5.44. The van der Waals surface area contributed by atoms with Crippen molar-refractivity contribution in [1.82, 2.24) is 0 Å². The van der Waals surface area contributed by atoms with Crippen LogP contribution in [-0.2, 0) is 0 Å². The van der Waals surface area contributed by atoms with Crippen molar-refractivity contribution in [3.63, 3.8) is 0 Å². The molecule has 2 nitrogen and oxygen atoms in total. The molecule has 1 aliphatic carbocycles. The van der Waals surface area contributed by atoms with Gasteiger partial charge in [0.1, 0.15) is 5.75 Å². The van der Waals surface area contributed by atoms with Crippen LogP contribution in [0.4, 0.5) is 0 Å². The molecule has 0 saturated heterocycles. The first-order valence-electron chi connectivity index (χ1n) is 7.05. The van der Waals surface area contributed by atoms with E-state index < -0.39 is 0 Å². The summed E-state index contributed by atoms with van der Waals surface area (Å²) in [6, 6.07) is 4.16. The molecule has 0 radical (unpaired) electrons. The number of benzene rings is 1. The van der Waals surface area contributed by atoms with Gasteiger partial charge in [-0.2, -0.15) is 0 Å². The molecule has 0 spiro atoms. The molecule has 2 rings (SSSR count). The van der Waals surface area contributed by atoms with E-state index in [0.717, 1.165) is 54.7 Å². The van der Waals surface area contributed by atoms with E-state index in [0.29, 0.717) is 5.92 Å². The van der Waals surface area contributed by atoms with Gasteiger partial charge in [-0.1, -0.05) is 13.3 Å². The Balaban J connectivity index is 2.12. The third-order valence-corrected chi connectivity index (χ3v) is 3.64. The van der Waals surface area contributed by atoms with Gasteiger partial charge in [-0.05, 0) is 67.9 Å². The van der Waals surface area contributed by atoms with Crippen molar-refractivity contribution >= 4 is 0 Å². The fraction of sp³-hybridized carbons (Fsp3) is 0.625. The smallest absolute Gasteiger partial charge is 0.125 e. The van der Waals surface area contributed by atoms with Crippen LogP contribution in [0.15, 0.2) is 12.1 Å². The molecule has 1 atom stereocenters. The number of hydrogen-bond acceptors (Lipinski definition) is 2. The van der Waals surface area contributed by atoms with Crippen LogP contribution in [0.3, 0.4) is 0 Å². The van der Waals surface area contributed by atoms with Crippen molar-refractivity contribution < 1.29 is 9.84 Å². The molecule has 0 aliphatic heterocycles. The number of hydrogen-bond donors (Lipinski definition) is 1. The van der Waals surface area contributed by atoms with Crippen molar-refractivity contribution in [3.05, 3.63) is 28.8 Å². The lowest BCUT2D eigenvalue weighted by atomic mass is 9.99. The third kappa shape index (κ3) is 3.05. The van der Waals surface area contributed by atoms with E-state index in [1.54, 1.807) is 0 Å². The Labute approximate surface area is 110 Å². The molecule has 0 bridgehead atoms. The van der Waals surface area contributed by atoms with Crippen molar-refractivity contribution in [2.24, 2.45) is 5.92 Å². The van der Waals surface area contributed by atoms with Crippen molar-refractivity contribution in [1.29, 1.82) is 0 Å². The van der Waals surface area contributed by atoms with Gasteiger partial charge in [-0.3, -0.25) is 0 Å². The van der Waals surface area contributed by atoms with E-state index in [9.17, 15) is 5.11 Å². The lowest BCUT2D eigenvalue weighted by molar-refractivity contribution is 0.153. The number of unbranched alkanes of at least 4 members (excludes halogenated alkanes) is 1. The van der Waals surface area contributed by atoms with Crippen molar-refractivity contribution in [3.8, 4) is 5.75 Å². The van der Waals surface area contributed by atoms with Crippen LogP contribution in [0.5, 0.6) is 5.75 Å². The zero-order valence-electron chi connectivity index (χ0n) is 11.7. The number of aryl methyl sites for hydroxylation is 2. The molecule has 1 unspecified atom stereocenters. The fourth-order valence-corrected chi connectivity index (χ4v) is 2.38. The quantitative estimate of drug-likeness (QED) is 0.773. The fourth-order valence-electron chi connectivity index (χ4n) is 2.38. The number of aliphatic hydroxyl groups is 1. The summed E-state index contributed by atoms with van der Waals surface area (Å²) in [5.74, 6) is 1.48. The minimum Gasteiger partial charge on any atom is -0.493 e. The van der Waals surface area contributed by atoms with Crippen LogP contribution in [0.1, 0.15) is 55.4 Å². The molecule has 1 N–H and O–H groups in total. The predicted octanol–water partition coefficient (Wildman–Crippen LogP) is 3.93. The largest absolute Gasteiger partial charge is 0.493 e. The van der Waals surface area contributed by atoms with E-state index in [1.165, 1.54) is 0 Å². The Bertz CT molecular complexity index is 385. The van der Waals surface area contributed by atoms with Gasteiger partial charge < -0.3 is 9.84 Å². The summed E-state index contributed by atoms with van der Waals surface area (Å²) in [6.07, 6.45) is 4.27. The molecule has 1 aliphatic rings. The van der Waals surface area contributed by atoms with Gasteiger partial charge in [0.25, 0.3) is 0 Å². The Kier molecular flexibility index (Phi) is 4.28. The van der Waals surface area contributed by atoms with Crippen LogP contribution < -0.4 is 4.74 Å². The second-order valence-electron chi connectivity index (χ2n) is 5.47. The normalized spacial score (nSPS) is 16.7. The monoisotopic (exact) mass is 248 g/mol. The maximum absolute atomic E-state index is 10.2. The SMILES string of the molecule is CCCCOc1c(C)cc(C(O)C2CC2)cc1C. The van der Waals surface area contributed by atoms with E-state index >= 15 is 0 Å². The zero-order valence-corrected chi connectivity index (χ0v) is 11.7. The average Bonchev–Trinajstić information content (AvgIpc) is 3.15. The van der Waals surface area contributed by atoms with Gasteiger partial charge in [-0.15, -0.1) is 0 Å². The summed E-state index contributed by atoms with van der Waals surface area (Å²) >= 11 is 0. The first-order valence-corrected chi connectivity index (χ1v) is 7.05. The number of ether oxygens (including phenoxy) is 1. The molecule has 0 heterocycles. The summed E-state index contributed by atoms with van der Waals surface area (Å²) in [4.78, 5) is 0. The highest BCUT2D eigenvalue weighted by Crippen LogP contribution is 2.42. The summed E-state index contributed by atoms with van der Waals surface area (Å²) in [5.41, 5.74) is 3.33. The van der Waals surface area contributed by atoms with Gasteiger partial charge >= 0.3 is 0 Å². The van der Waals surface area contributed by atoms with Crippen LogP contribution in [0.2, 0.25) is 0 Å². The van der Waals surface area contributed by atoms with Gasteiger partial charge in [0.05, 0.1) is 12.7 Å². The summed E-state index contributed by atoms with van der Waals surface area (Å²) < 4.78 is 5.84. The first-order chi connectivity index (χ1) is 8.63. The van der Waals surface area contributed by atoms with Gasteiger partial charge in [0.15, 0.2) is 0 Å². The summed E-state index contributed by atoms with van der Waals surface area (Å²) in [7, 11) is 0. The Hall–Kier alpha value is -1.02. The maximum Gasteiger partial charge on any atom is 0.125 e. The maximum atomic E-state index is 10.2. The molecule has 100 valence electrons. The zero-order chi connectivity index (χ0) is 13.1. The Morgan fingerprint density at radius 2 is 1.89 bits per heavy atom. The molecule has 1 aromatic rings. The van der Waals surface area contributed by atoms with Crippen LogP contribution >= 0.6 is 0 Å². The van der Waals surface area contributed by atoms with Crippen LogP contribution in [-0.4, -0.2) is 11.7 Å². The second-order valence-corrected chi connectivity index (χ2v) is 5.47. The molecule has 1 fully saturated rings. The molecule has 0 amide bonds. The molecule has 1 saturated carbocycles. The third-order valence-electron chi connectivity index (χ3n) is 3.64. The van der Waals surface area contributed by atoms with Gasteiger partial charge in [0.2, 0.25) is 0 Å². The van der Waals surface area contributed by atoms with E-state index in [2.05, 4.69) is 32.9 Å². The average molecular weight is 248 g/mol. The lowest BCUT2D eigenvalue weighted by Crippen LogP contribution is -2.04. The van der Waals surface area contributed by atoms with Crippen molar-refractivity contribution in [2.75, 3.05) is 6.61 Å². The summed E-state index contributed by atoms with van der Waals surface area (Å²) in [6.45, 7) is 7.08. The van der Waals surface area contributed by atoms with Gasteiger partial charge in [0, 0.05) is 0 Å². The molecule has 18 heavy (non-hydrogen) atoms. The highest BCUT2D eigenvalue weighted by atomic mass is 16.5. The van der Waals surface area contributed by atoms with Crippen LogP contribution in [0, 0.1) is 19.8 Å².